The zero-order chi connectivity index (χ0) is 16.8. The molecule has 0 radical (unpaired) electrons. The van der Waals surface area contributed by atoms with Gasteiger partial charge in [0.25, 0.3) is 0 Å². The molecule has 1 atom stereocenters. The van der Waals surface area contributed by atoms with E-state index in [4.69, 9.17) is 16.3 Å². The van der Waals surface area contributed by atoms with Gasteiger partial charge in [0.15, 0.2) is 0 Å². The molecule has 3 rings (SSSR count). The zero-order valence-electron chi connectivity index (χ0n) is 12.0. The Morgan fingerprint density at radius 3 is 2.52 bits per heavy atom. The number of fused-ring (bicyclic) bond motifs is 1. The Morgan fingerprint density at radius 2 is 1.87 bits per heavy atom. The molecule has 1 heterocycles. The van der Waals surface area contributed by atoms with E-state index in [1.165, 1.54) is 18.1 Å². The molecule has 0 saturated heterocycles. The summed E-state index contributed by atoms with van der Waals surface area (Å²) in [7, 11) is 1.43. The van der Waals surface area contributed by atoms with Crippen molar-refractivity contribution >= 4 is 23.0 Å². The van der Waals surface area contributed by atoms with Gasteiger partial charge >= 0.3 is 6.18 Å². The minimum absolute atomic E-state index is 0.0899. The maximum absolute atomic E-state index is 14.2. The first-order chi connectivity index (χ1) is 10.8. The van der Waals surface area contributed by atoms with Gasteiger partial charge in [-0.2, -0.15) is 13.2 Å². The van der Waals surface area contributed by atoms with Crippen LogP contribution in [0.3, 0.4) is 0 Å². The first kappa shape index (κ1) is 15.9. The van der Waals surface area contributed by atoms with Crippen molar-refractivity contribution in [2.75, 3.05) is 18.6 Å². The van der Waals surface area contributed by atoms with Crippen LogP contribution in [0.4, 0.5) is 28.9 Å². The van der Waals surface area contributed by atoms with Gasteiger partial charge in [-0.25, -0.2) is 4.39 Å². The molecular weight excluding hydrogens is 334 g/mol. The Balaban J connectivity index is 2.14. The van der Waals surface area contributed by atoms with E-state index >= 15 is 0 Å². The summed E-state index contributed by atoms with van der Waals surface area (Å²) in [6.45, 7) is -0.0899. The number of alkyl halides is 4. The van der Waals surface area contributed by atoms with Crippen LogP contribution < -0.4 is 9.64 Å². The van der Waals surface area contributed by atoms with Crippen molar-refractivity contribution in [2.24, 2.45) is 0 Å². The molecule has 0 N–H and O–H groups in total. The van der Waals surface area contributed by atoms with Crippen LogP contribution in [0.5, 0.6) is 5.75 Å². The third kappa shape index (κ3) is 2.83. The van der Waals surface area contributed by atoms with Crippen LogP contribution in [0.15, 0.2) is 36.4 Å². The minimum atomic E-state index is -4.49. The van der Waals surface area contributed by atoms with Crippen LogP contribution in [0, 0.1) is 0 Å². The molecule has 0 aliphatic carbocycles. The maximum Gasteiger partial charge on any atom is 0.416 e. The number of hydrogen-bond acceptors (Lipinski definition) is 2. The van der Waals surface area contributed by atoms with Gasteiger partial charge in [-0.15, -0.1) is 0 Å². The Morgan fingerprint density at radius 1 is 1.13 bits per heavy atom. The van der Waals surface area contributed by atoms with Crippen LogP contribution in [-0.4, -0.2) is 13.7 Å². The van der Waals surface area contributed by atoms with Crippen molar-refractivity contribution in [1.29, 1.82) is 0 Å². The molecule has 122 valence electrons. The lowest BCUT2D eigenvalue weighted by Gasteiger charge is -2.22. The summed E-state index contributed by atoms with van der Waals surface area (Å²) in [4.78, 5) is 1.46. The second-order valence-electron chi connectivity index (χ2n) is 5.17. The summed E-state index contributed by atoms with van der Waals surface area (Å²) in [6, 6.07) is 7.76. The summed E-state index contributed by atoms with van der Waals surface area (Å²) in [5.41, 5.74) is 0.00462. The molecule has 0 saturated carbocycles. The lowest BCUT2D eigenvalue weighted by molar-refractivity contribution is -0.137. The highest BCUT2D eigenvalue weighted by atomic mass is 35.5. The van der Waals surface area contributed by atoms with E-state index in [9.17, 15) is 17.6 Å². The highest BCUT2D eigenvalue weighted by Crippen LogP contribution is 2.47. The van der Waals surface area contributed by atoms with E-state index in [0.717, 1.165) is 12.1 Å². The largest absolute Gasteiger partial charge is 0.495 e. The van der Waals surface area contributed by atoms with Crippen LogP contribution in [0.25, 0.3) is 0 Å². The van der Waals surface area contributed by atoms with E-state index in [1.54, 1.807) is 18.2 Å². The Labute approximate surface area is 135 Å². The average molecular weight is 346 g/mol. The maximum atomic E-state index is 14.2. The Kier molecular flexibility index (Phi) is 3.88. The molecule has 2 aromatic rings. The second-order valence-corrected chi connectivity index (χ2v) is 5.60. The van der Waals surface area contributed by atoms with Crippen molar-refractivity contribution in [1.82, 2.24) is 0 Å². The molecule has 2 aromatic carbocycles. The predicted octanol–water partition coefficient (Wildman–Crippen LogP) is 5.53. The molecule has 1 aliphatic rings. The number of anilines is 2. The normalized spacial score (nSPS) is 17.3. The SMILES string of the molecule is COc1ccc(Cl)cc1N1C[C@@H](F)c2ccc(C(F)(F)F)cc21. The van der Waals surface area contributed by atoms with Crippen LogP contribution >= 0.6 is 11.6 Å². The number of nitrogens with zero attached hydrogens (tertiary/aromatic N) is 1. The highest BCUT2D eigenvalue weighted by molar-refractivity contribution is 6.31. The summed E-state index contributed by atoms with van der Waals surface area (Å²) < 4.78 is 58.2. The van der Waals surface area contributed by atoms with Crippen molar-refractivity contribution in [3.63, 3.8) is 0 Å². The number of ether oxygens (including phenoxy) is 1. The van der Waals surface area contributed by atoms with Crippen LogP contribution in [0.1, 0.15) is 17.3 Å². The number of rotatable bonds is 2. The molecule has 0 fully saturated rings. The van der Waals surface area contributed by atoms with Gasteiger partial charge in [0.2, 0.25) is 0 Å². The molecule has 23 heavy (non-hydrogen) atoms. The average Bonchev–Trinajstić information content (AvgIpc) is 2.83. The third-order valence-corrected chi connectivity index (χ3v) is 4.00. The van der Waals surface area contributed by atoms with Crippen molar-refractivity contribution in [2.45, 2.75) is 12.3 Å². The molecule has 1 aliphatic heterocycles. The van der Waals surface area contributed by atoms with Gasteiger partial charge in [0.1, 0.15) is 11.9 Å². The molecule has 0 aromatic heterocycles. The minimum Gasteiger partial charge on any atom is -0.495 e. The first-order valence-corrected chi connectivity index (χ1v) is 7.15. The van der Waals surface area contributed by atoms with Gasteiger partial charge in [-0.05, 0) is 30.3 Å². The molecule has 2 nitrogen and oxygen atoms in total. The topological polar surface area (TPSA) is 12.5 Å². The Hall–Kier alpha value is -1.95. The van der Waals surface area contributed by atoms with E-state index in [0.29, 0.717) is 16.5 Å². The van der Waals surface area contributed by atoms with Gasteiger partial charge in [-0.3, -0.25) is 0 Å². The molecule has 0 unspecified atom stereocenters. The quantitative estimate of drug-likeness (QED) is 0.663. The summed E-state index contributed by atoms with van der Waals surface area (Å²) >= 11 is 5.96. The number of benzene rings is 2. The van der Waals surface area contributed by atoms with Crippen molar-refractivity contribution < 1.29 is 22.3 Å². The lowest BCUT2D eigenvalue weighted by Crippen LogP contribution is -2.16. The summed E-state index contributed by atoms with van der Waals surface area (Å²) in [5, 5.41) is 0.386. The number of methoxy groups -OCH3 is 1. The van der Waals surface area contributed by atoms with Crippen molar-refractivity contribution in [3.05, 3.63) is 52.5 Å². The molecule has 7 heteroatoms. The standard InChI is InChI=1S/C16H12ClF4NO/c1-23-15-5-3-10(17)7-14(15)22-8-12(18)11-4-2-9(6-13(11)22)16(19,20)21/h2-7,12H,8H2,1H3/t12-/m1/s1. The number of hydrogen-bond donors (Lipinski definition) is 0. The molecule has 0 amide bonds. The second kappa shape index (κ2) is 5.60. The third-order valence-electron chi connectivity index (χ3n) is 3.76. The summed E-state index contributed by atoms with van der Waals surface area (Å²) in [6.07, 6.45) is -5.87. The molecule has 0 spiro atoms. The zero-order valence-corrected chi connectivity index (χ0v) is 12.7. The fourth-order valence-corrected chi connectivity index (χ4v) is 2.84. The fraction of sp³-hybridized carbons (Fsp3) is 0.250. The first-order valence-electron chi connectivity index (χ1n) is 6.77. The van der Waals surface area contributed by atoms with Gasteiger partial charge in [0.05, 0.1) is 24.9 Å². The molecule has 0 bridgehead atoms. The summed E-state index contributed by atoms with van der Waals surface area (Å²) in [5.74, 6) is 0.409. The lowest BCUT2D eigenvalue weighted by atomic mass is 10.1. The van der Waals surface area contributed by atoms with Gasteiger partial charge in [0, 0.05) is 16.3 Å². The van der Waals surface area contributed by atoms with E-state index in [2.05, 4.69) is 0 Å². The highest BCUT2D eigenvalue weighted by Gasteiger charge is 2.36. The van der Waals surface area contributed by atoms with Crippen LogP contribution in [-0.2, 0) is 6.18 Å². The van der Waals surface area contributed by atoms with Crippen LogP contribution in [0.2, 0.25) is 5.02 Å². The number of halogens is 5. The fourth-order valence-electron chi connectivity index (χ4n) is 2.68. The van der Waals surface area contributed by atoms with Crippen molar-refractivity contribution in [3.8, 4) is 5.75 Å². The van der Waals surface area contributed by atoms with E-state index in [1.807, 2.05) is 0 Å². The van der Waals surface area contributed by atoms with E-state index in [-0.39, 0.29) is 17.8 Å². The predicted molar refractivity (Wildman–Crippen MR) is 80.3 cm³/mol. The van der Waals surface area contributed by atoms with E-state index < -0.39 is 17.9 Å². The van der Waals surface area contributed by atoms with Gasteiger partial charge in [-0.1, -0.05) is 17.7 Å². The molecular formula is C16H12ClF4NO. The Bertz CT molecular complexity index is 747. The van der Waals surface area contributed by atoms with Gasteiger partial charge < -0.3 is 9.64 Å². The smallest absolute Gasteiger partial charge is 0.416 e. The monoisotopic (exact) mass is 345 g/mol.